The molecule has 0 amide bonds. The highest BCUT2D eigenvalue weighted by molar-refractivity contribution is 6.31. The summed E-state index contributed by atoms with van der Waals surface area (Å²) in [6.45, 7) is 8.52. The van der Waals surface area contributed by atoms with Gasteiger partial charge in [-0.3, -0.25) is 0 Å². The van der Waals surface area contributed by atoms with Crippen molar-refractivity contribution in [1.82, 2.24) is 14.8 Å². The van der Waals surface area contributed by atoms with Crippen molar-refractivity contribution in [2.45, 2.75) is 47.0 Å². The van der Waals surface area contributed by atoms with Crippen LogP contribution in [0.3, 0.4) is 0 Å². The first kappa shape index (κ1) is 25.2. The number of aromatic nitrogens is 3. The molecule has 7 heteroatoms. The Kier molecular flexibility index (Phi) is 6.40. The highest BCUT2D eigenvalue weighted by atomic mass is 35.5. The highest BCUT2D eigenvalue weighted by Crippen LogP contribution is 2.46. The molecule has 2 aromatic heterocycles. The van der Waals surface area contributed by atoms with Crippen LogP contribution in [0, 0.1) is 24.1 Å². The second-order valence-corrected chi connectivity index (χ2v) is 10.8. The zero-order chi connectivity index (χ0) is 26.5. The first-order valence-electron chi connectivity index (χ1n) is 12.5. The van der Waals surface area contributed by atoms with Gasteiger partial charge in [-0.1, -0.05) is 57.0 Å². The van der Waals surface area contributed by atoms with Gasteiger partial charge in [0.1, 0.15) is 11.0 Å². The predicted octanol–water partition coefficient (Wildman–Crippen LogP) is 7.76. The standard InChI is InChI=1S/C30H29ClFN3O2/c1-5-30(3,4)19-14-18(15-23-17(2)34-35(28(23)31)21-12-10-20(32)11-13-21)27-24(16-19)26(29(36)37)22-8-6-7-9-25(22)33-27/h6-13,15,19H,5,14,16H2,1-4H3,(H,36,37)/b18-15-/t19-/m1/s1. The van der Waals surface area contributed by atoms with Crippen LogP contribution in [0.1, 0.15) is 66.5 Å². The molecule has 1 aliphatic carbocycles. The lowest BCUT2D eigenvalue weighted by Crippen LogP contribution is -2.30. The number of allylic oxidation sites excluding steroid dienone is 1. The lowest BCUT2D eigenvalue weighted by molar-refractivity contribution is 0.0696. The van der Waals surface area contributed by atoms with E-state index in [-0.39, 0.29) is 17.2 Å². The van der Waals surface area contributed by atoms with Crippen LogP contribution in [0.2, 0.25) is 5.15 Å². The van der Waals surface area contributed by atoms with E-state index >= 15 is 0 Å². The van der Waals surface area contributed by atoms with Crippen LogP contribution < -0.4 is 0 Å². The molecule has 1 aliphatic rings. The Morgan fingerprint density at radius 2 is 1.89 bits per heavy atom. The number of carboxylic acid groups (broad SMARTS) is 1. The molecule has 5 rings (SSSR count). The lowest BCUT2D eigenvalue weighted by Gasteiger charge is -2.38. The maximum Gasteiger partial charge on any atom is 0.336 e. The van der Waals surface area contributed by atoms with Crippen molar-refractivity contribution >= 4 is 40.1 Å². The van der Waals surface area contributed by atoms with Gasteiger partial charge in [-0.15, -0.1) is 0 Å². The molecule has 5 nitrogen and oxygen atoms in total. The van der Waals surface area contributed by atoms with Gasteiger partial charge in [-0.25, -0.2) is 18.9 Å². The number of rotatable bonds is 5. The van der Waals surface area contributed by atoms with Gasteiger partial charge in [0.25, 0.3) is 0 Å². The normalized spacial score (nSPS) is 16.8. The number of nitrogens with zero attached hydrogens (tertiary/aromatic N) is 3. The van der Waals surface area contributed by atoms with Crippen molar-refractivity contribution in [2.75, 3.05) is 0 Å². The van der Waals surface area contributed by atoms with Crippen LogP contribution in [0.5, 0.6) is 0 Å². The fourth-order valence-corrected chi connectivity index (χ4v) is 5.54. The van der Waals surface area contributed by atoms with E-state index in [4.69, 9.17) is 16.6 Å². The Bertz CT molecular complexity index is 1550. The maximum atomic E-state index is 13.5. The molecular formula is C30H29ClFN3O2. The molecule has 0 fully saturated rings. The number of halogens is 2. The first-order valence-corrected chi connectivity index (χ1v) is 12.9. The second kappa shape index (κ2) is 9.42. The quantitative estimate of drug-likeness (QED) is 0.294. The summed E-state index contributed by atoms with van der Waals surface area (Å²) in [4.78, 5) is 17.5. The number of benzene rings is 2. The summed E-state index contributed by atoms with van der Waals surface area (Å²) in [6.07, 6.45) is 4.37. The first-order chi connectivity index (χ1) is 17.6. The van der Waals surface area contributed by atoms with E-state index in [1.54, 1.807) is 16.8 Å². The summed E-state index contributed by atoms with van der Waals surface area (Å²) in [6, 6.07) is 13.4. The number of carboxylic acids is 1. The number of hydrogen-bond acceptors (Lipinski definition) is 3. The third-order valence-corrected chi connectivity index (χ3v) is 8.25. The van der Waals surface area contributed by atoms with Crippen molar-refractivity contribution in [3.8, 4) is 5.69 Å². The average molecular weight is 518 g/mol. The molecule has 2 heterocycles. The van der Waals surface area contributed by atoms with E-state index in [0.717, 1.165) is 35.2 Å². The largest absolute Gasteiger partial charge is 0.478 e. The van der Waals surface area contributed by atoms with E-state index in [9.17, 15) is 14.3 Å². The van der Waals surface area contributed by atoms with E-state index < -0.39 is 5.97 Å². The molecule has 1 atom stereocenters. The van der Waals surface area contributed by atoms with Crippen LogP contribution in [0.15, 0.2) is 48.5 Å². The number of carbonyl (C=O) groups is 1. The van der Waals surface area contributed by atoms with Gasteiger partial charge < -0.3 is 5.11 Å². The molecule has 0 saturated heterocycles. The number of para-hydroxylation sites is 1. The number of fused-ring (bicyclic) bond motifs is 2. The fourth-order valence-electron chi connectivity index (χ4n) is 5.21. The Labute approximate surface area is 220 Å². The van der Waals surface area contributed by atoms with E-state index in [1.165, 1.54) is 12.1 Å². The molecule has 0 saturated carbocycles. The van der Waals surface area contributed by atoms with E-state index in [1.807, 2.05) is 37.3 Å². The average Bonchev–Trinajstić information content (AvgIpc) is 3.15. The van der Waals surface area contributed by atoms with Gasteiger partial charge >= 0.3 is 5.97 Å². The summed E-state index contributed by atoms with van der Waals surface area (Å²) in [5.41, 5.74) is 5.54. The van der Waals surface area contributed by atoms with Crippen LogP contribution in [0.25, 0.3) is 28.2 Å². The Morgan fingerprint density at radius 3 is 2.57 bits per heavy atom. The van der Waals surface area contributed by atoms with Gasteiger partial charge in [-0.05, 0) is 78.6 Å². The molecule has 0 unspecified atom stereocenters. The molecule has 1 N–H and O–H groups in total. The summed E-state index contributed by atoms with van der Waals surface area (Å²) >= 11 is 6.83. The molecule has 0 bridgehead atoms. The molecule has 190 valence electrons. The maximum absolute atomic E-state index is 13.5. The van der Waals surface area contributed by atoms with E-state index in [2.05, 4.69) is 25.9 Å². The molecule has 0 aliphatic heterocycles. The fraction of sp³-hybridized carbons (Fsp3) is 0.300. The van der Waals surface area contributed by atoms with Crippen molar-refractivity contribution < 1.29 is 14.3 Å². The van der Waals surface area contributed by atoms with Crippen molar-refractivity contribution in [2.24, 2.45) is 11.3 Å². The molecule has 4 aromatic rings. The predicted molar refractivity (Wildman–Crippen MR) is 146 cm³/mol. The minimum atomic E-state index is -0.942. The Balaban J connectivity index is 1.74. The Hall–Kier alpha value is -3.51. The number of hydrogen-bond donors (Lipinski definition) is 1. The summed E-state index contributed by atoms with van der Waals surface area (Å²) in [7, 11) is 0. The molecule has 2 aromatic carbocycles. The Morgan fingerprint density at radius 1 is 1.19 bits per heavy atom. The third kappa shape index (κ3) is 4.44. The smallest absolute Gasteiger partial charge is 0.336 e. The number of aromatic carboxylic acids is 1. The zero-order valence-corrected chi connectivity index (χ0v) is 22.1. The van der Waals surface area contributed by atoms with Crippen LogP contribution >= 0.6 is 11.6 Å². The SMILES string of the molecule is CCC(C)(C)[C@@H]1C/C(=C/c2c(C)nn(-c3ccc(F)cc3)c2Cl)c2nc3ccccc3c(C(=O)O)c2C1. The summed E-state index contributed by atoms with van der Waals surface area (Å²) in [5.74, 6) is -1.05. The monoisotopic (exact) mass is 517 g/mol. The number of pyridine rings is 1. The zero-order valence-electron chi connectivity index (χ0n) is 21.3. The van der Waals surface area contributed by atoms with Gasteiger partial charge in [0.05, 0.1) is 28.2 Å². The summed E-state index contributed by atoms with van der Waals surface area (Å²) < 4.78 is 15.1. The van der Waals surface area contributed by atoms with Crippen molar-refractivity contribution in [3.63, 3.8) is 0 Å². The van der Waals surface area contributed by atoms with E-state index in [0.29, 0.717) is 39.4 Å². The lowest BCUT2D eigenvalue weighted by atomic mass is 9.67. The number of aryl methyl sites for hydroxylation is 1. The second-order valence-electron chi connectivity index (χ2n) is 10.4. The minimum absolute atomic E-state index is 0.00463. The van der Waals surface area contributed by atoms with Crippen molar-refractivity contribution in [3.05, 3.63) is 87.6 Å². The van der Waals surface area contributed by atoms with Crippen LogP contribution in [-0.4, -0.2) is 25.8 Å². The topological polar surface area (TPSA) is 68.0 Å². The van der Waals surface area contributed by atoms with Crippen LogP contribution in [-0.2, 0) is 6.42 Å². The van der Waals surface area contributed by atoms with Gasteiger partial charge in [0, 0.05) is 10.9 Å². The molecule has 0 radical (unpaired) electrons. The third-order valence-electron chi connectivity index (χ3n) is 7.88. The molecular weight excluding hydrogens is 489 g/mol. The van der Waals surface area contributed by atoms with Gasteiger partial charge in [-0.2, -0.15) is 5.10 Å². The van der Waals surface area contributed by atoms with Gasteiger partial charge in [0.15, 0.2) is 0 Å². The van der Waals surface area contributed by atoms with Gasteiger partial charge in [0.2, 0.25) is 0 Å². The van der Waals surface area contributed by atoms with Crippen LogP contribution in [0.4, 0.5) is 4.39 Å². The minimum Gasteiger partial charge on any atom is -0.478 e. The molecule has 0 spiro atoms. The van der Waals surface area contributed by atoms with Crippen molar-refractivity contribution in [1.29, 1.82) is 0 Å². The highest BCUT2D eigenvalue weighted by Gasteiger charge is 2.36. The molecule has 37 heavy (non-hydrogen) atoms. The summed E-state index contributed by atoms with van der Waals surface area (Å²) in [5, 5.41) is 16.0.